The van der Waals surface area contributed by atoms with Crippen LogP contribution in [0, 0.1) is 5.82 Å². The Labute approximate surface area is 136 Å². The largest absolute Gasteiger partial charge is 0.358 e. The van der Waals surface area contributed by atoms with E-state index in [1.165, 1.54) is 28.2 Å². The fraction of sp³-hybridized carbons (Fsp3) is 0.235. The molecule has 3 N–H and O–H groups in total. The van der Waals surface area contributed by atoms with Crippen molar-refractivity contribution in [3.05, 3.63) is 65.5 Å². The van der Waals surface area contributed by atoms with Crippen LogP contribution in [0.1, 0.15) is 11.1 Å². The summed E-state index contributed by atoms with van der Waals surface area (Å²) in [6, 6.07) is 14.6. The minimum absolute atomic E-state index is 0.260. The first-order valence-electron chi connectivity index (χ1n) is 7.20. The van der Waals surface area contributed by atoms with Crippen molar-refractivity contribution in [2.75, 3.05) is 19.4 Å². The third-order valence-corrected chi connectivity index (χ3v) is 3.38. The standard InChI is InChI=1S/C17H20FN3S/c1-21(2)12-14-5-3-13(4-6-14)11-19-17(22)20-16-9-7-15(18)8-10-16/h3-10H,11-12H2,1-2H3,(H2,19,20,22)/p+1. The Kier molecular flexibility index (Phi) is 5.86. The molecule has 0 aliphatic carbocycles. The van der Waals surface area contributed by atoms with Crippen molar-refractivity contribution in [1.82, 2.24) is 5.32 Å². The van der Waals surface area contributed by atoms with Gasteiger partial charge in [0, 0.05) is 17.8 Å². The van der Waals surface area contributed by atoms with Crippen molar-refractivity contribution in [3.63, 3.8) is 0 Å². The van der Waals surface area contributed by atoms with Gasteiger partial charge in [0.25, 0.3) is 0 Å². The van der Waals surface area contributed by atoms with Crippen LogP contribution in [0.15, 0.2) is 48.5 Å². The Morgan fingerprint density at radius 1 is 1.00 bits per heavy atom. The van der Waals surface area contributed by atoms with Gasteiger partial charge in [-0.05, 0) is 42.0 Å². The van der Waals surface area contributed by atoms with Crippen LogP contribution in [0.3, 0.4) is 0 Å². The second-order valence-corrected chi connectivity index (χ2v) is 5.92. The van der Waals surface area contributed by atoms with E-state index >= 15 is 0 Å². The number of nitrogens with one attached hydrogen (secondary N) is 3. The van der Waals surface area contributed by atoms with Crippen LogP contribution in [0.25, 0.3) is 0 Å². The highest BCUT2D eigenvalue weighted by molar-refractivity contribution is 7.80. The molecule has 0 saturated carbocycles. The highest BCUT2D eigenvalue weighted by atomic mass is 32.1. The minimum Gasteiger partial charge on any atom is -0.358 e. The van der Waals surface area contributed by atoms with E-state index in [1.54, 1.807) is 12.1 Å². The van der Waals surface area contributed by atoms with Crippen LogP contribution in [0.2, 0.25) is 0 Å². The number of quaternary nitrogens is 1. The van der Waals surface area contributed by atoms with Gasteiger partial charge in [0.05, 0.1) is 14.1 Å². The summed E-state index contributed by atoms with van der Waals surface area (Å²) in [6.07, 6.45) is 0. The van der Waals surface area contributed by atoms with Gasteiger partial charge in [-0.3, -0.25) is 0 Å². The lowest BCUT2D eigenvalue weighted by atomic mass is 10.1. The third-order valence-electron chi connectivity index (χ3n) is 3.14. The van der Waals surface area contributed by atoms with E-state index in [2.05, 4.69) is 49.0 Å². The van der Waals surface area contributed by atoms with Gasteiger partial charge in [0.2, 0.25) is 0 Å². The van der Waals surface area contributed by atoms with Crippen LogP contribution >= 0.6 is 12.2 Å². The Bertz CT molecular complexity index is 609. The summed E-state index contributed by atoms with van der Waals surface area (Å²) in [5.74, 6) is -0.260. The third kappa shape index (κ3) is 5.42. The Morgan fingerprint density at radius 3 is 2.18 bits per heavy atom. The molecule has 0 radical (unpaired) electrons. The summed E-state index contributed by atoms with van der Waals surface area (Å²) in [5.41, 5.74) is 3.25. The van der Waals surface area contributed by atoms with Crippen molar-refractivity contribution in [3.8, 4) is 0 Å². The maximum Gasteiger partial charge on any atom is 0.171 e. The summed E-state index contributed by atoms with van der Waals surface area (Å²) < 4.78 is 12.8. The predicted octanol–water partition coefficient (Wildman–Crippen LogP) is 1.96. The molecule has 2 rings (SSSR count). The molecule has 0 amide bonds. The summed E-state index contributed by atoms with van der Waals surface area (Å²) in [5, 5.41) is 6.69. The number of hydrogen-bond acceptors (Lipinski definition) is 1. The molecular formula is C17H21FN3S+. The van der Waals surface area contributed by atoms with Crippen molar-refractivity contribution < 1.29 is 9.29 Å². The average molecular weight is 318 g/mol. The second-order valence-electron chi connectivity index (χ2n) is 5.51. The van der Waals surface area contributed by atoms with E-state index in [0.717, 1.165) is 12.2 Å². The number of halogens is 1. The number of thiocarbonyl (C=S) groups is 1. The first-order chi connectivity index (χ1) is 10.5. The zero-order valence-electron chi connectivity index (χ0n) is 12.8. The van der Waals surface area contributed by atoms with Crippen LogP contribution in [0.5, 0.6) is 0 Å². The molecule has 0 spiro atoms. The Morgan fingerprint density at radius 2 is 1.59 bits per heavy atom. The van der Waals surface area contributed by atoms with Gasteiger partial charge in [-0.25, -0.2) is 4.39 Å². The second kappa shape index (κ2) is 7.87. The van der Waals surface area contributed by atoms with Crippen LogP contribution in [0.4, 0.5) is 10.1 Å². The van der Waals surface area contributed by atoms with Gasteiger partial charge in [-0.2, -0.15) is 0 Å². The summed E-state index contributed by atoms with van der Waals surface area (Å²) in [6.45, 7) is 1.67. The molecule has 116 valence electrons. The molecule has 0 heterocycles. The zero-order chi connectivity index (χ0) is 15.9. The molecule has 0 aliphatic rings. The van der Waals surface area contributed by atoms with Crippen LogP contribution in [-0.4, -0.2) is 19.2 Å². The van der Waals surface area contributed by atoms with Crippen LogP contribution in [-0.2, 0) is 13.1 Å². The number of hydrogen-bond donors (Lipinski definition) is 3. The molecule has 0 atom stereocenters. The van der Waals surface area contributed by atoms with Crippen molar-refractivity contribution in [2.45, 2.75) is 13.1 Å². The molecular weight excluding hydrogens is 297 g/mol. The van der Waals surface area contributed by atoms with E-state index in [1.807, 2.05) is 0 Å². The van der Waals surface area contributed by atoms with E-state index in [9.17, 15) is 4.39 Å². The van der Waals surface area contributed by atoms with Gasteiger partial charge < -0.3 is 15.5 Å². The van der Waals surface area contributed by atoms with Crippen molar-refractivity contribution >= 4 is 23.0 Å². The lowest BCUT2D eigenvalue weighted by molar-refractivity contribution is -0.872. The normalized spacial score (nSPS) is 10.5. The van der Waals surface area contributed by atoms with Crippen LogP contribution < -0.4 is 15.5 Å². The van der Waals surface area contributed by atoms with Gasteiger partial charge in [0.15, 0.2) is 5.11 Å². The fourth-order valence-corrected chi connectivity index (χ4v) is 2.26. The molecule has 0 aromatic heterocycles. The Balaban J connectivity index is 1.81. The van der Waals surface area contributed by atoms with Gasteiger partial charge in [-0.15, -0.1) is 0 Å². The number of benzene rings is 2. The first kappa shape index (κ1) is 16.4. The van der Waals surface area contributed by atoms with E-state index in [-0.39, 0.29) is 5.82 Å². The van der Waals surface area contributed by atoms with Crippen molar-refractivity contribution in [2.24, 2.45) is 0 Å². The highest BCUT2D eigenvalue weighted by Gasteiger charge is 2.01. The molecule has 22 heavy (non-hydrogen) atoms. The first-order valence-corrected chi connectivity index (χ1v) is 7.61. The smallest absolute Gasteiger partial charge is 0.171 e. The fourth-order valence-electron chi connectivity index (χ4n) is 2.07. The topological polar surface area (TPSA) is 28.5 Å². The summed E-state index contributed by atoms with van der Waals surface area (Å²) in [4.78, 5) is 1.40. The molecule has 0 aliphatic heterocycles. The van der Waals surface area contributed by atoms with E-state index in [4.69, 9.17) is 12.2 Å². The summed E-state index contributed by atoms with van der Waals surface area (Å²) >= 11 is 5.23. The number of rotatable bonds is 5. The summed E-state index contributed by atoms with van der Waals surface area (Å²) in [7, 11) is 4.27. The maximum atomic E-state index is 12.8. The highest BCUT2D eigenvalue weighted by Crippen LogP contribution is 2.08. The lowest BCUT2D eigenvalue weighted by Crippen LogP contribution is -3.04. The van der Waals surface area contributed by atoms with E-state index in [0.29, 0.717) is 11.7 Å². The van der Waals surface area contributed by atoms with Gasteiger partial charge in [0.1, 0.15) is 12.4 Å². The zero-order valence-corrected chi connectivity index (χ0v) is 13.6. The maximum absolute atomic E-state index is 12.8. The van der Waals surface area contributed by atoms with Gasteiger partial charge >= 0.3 is 0 Å². The molecule has 3 nitrogen and oxygen atoms in total. The monoisotopic (exact) mass is 318 g/mol. The predicted molar refractivity (Wildman–Crippen MR) is 92.4 cm³/mol. The molecule has 2 aromatic carbocycles. The molecule has 0 fully saturated rings. The lowest BCUT2D eigenvalue weighted by Gasteiger charge is -2.11. The molecule has 0 unspecified atom stereocenters. The molecule has 2 aromatic rings. The average Bonchev–Trinajstić information content (AvgIpc) is 2.48. The SMILES string of the molecule is C[NH+](C)Cc1ccc(CNC(=S)Nc2ccc(F)cc2)cc1. The Hall–Kier alpha value is -1.98. The minimum atomic E-state index is -0.260. The molecule has 0 bridgehead atoms. The van der Waals surface area contributed by atoms with E-state index < -0.39 is 0 Å². The van der Waals surface area contributed by atoms with Gasteiger partial charge in [-0.1, -0.05) is 24.3 Å². The quantitative estimate of drug-likeness (QED) is 0.736. The van der Waals surface area contributed by atoms with Crippen molar-refractivity contribution in [1.29, 1.82) is 0 Å². The molecule has 5 heteroatoms. The number of anilines is 1. The molecule has 0 saturated heterocycles.